The van der Waals surface area contributed by atoms with E-state index in [0.717, 1.165) is 27.7 Å². The van der Waals surface area contributed by atoms with Crippen molar-refractivity contribution in [3.63, 3.8) is 0 Å². The number of fused-ring (bicyclic) bond motifs is 1. The molecule has 0 atom stereocenters. The molecule has 0 radical (unpaired) electrons. The molecular weight excluding hydrogens is 330 g/mol. The van der Waals surface area contributed by atoms with Crippen LogP contribution in [0.3, 0.4) is 0 Å². The molecule has 0 spiro atoms. The number of hydrogen-bond donors (Lipinski definition) is 1. The molecule has 3 aromatic heterocycles. The zero-order chi connectivity index (χ0) is 14.2. The molecular formula is C15H14BrN5. The number of pyridine rings is 1. The number of hydrogen-bond acceptors (Lipinski definition) is 4. The van der Waals surface area contributed by atoms with E-state index in [0.29, 0.717) is 6.54 Å². The summed E-state index contributed by atoms with van der Waals surface area (Å²) in [4.78, 5) is 12.8. The topological polar surface area (TPSA) is 55.1 Å². The summed E-state index contributed by atoms with van der Waals surface area (Å²) in [6.07, 6.45) is 8.43. The lowest BCUT2D eigenvalue weighted by molar-refractivity contribution is 1.03. The van der Waals surface area contributed by atoms with Crippen LogP contribution in [0.5, 0.6) is 0 Å². The maximum Gasteiger partial charge on any atom is 0.137 e. The summed E-state index contributed by atoms with van der Waals surface area (Å²) in [6.45, 7) is 0.643. The van der Waals surface area contributed by atoms with Crippen molar-refractivity contribution in [3.8, 4) is 0 Å². The Morgan fingerprint density at radius 1 is 1.24 bits per heavy atom. The molecule has 0 aromatic carbocycles. The fourth-order valence-corrected chi connectivity index (χ4v) is 2.72. The molecule has 1 aliphatic carbocycles. The predicted octanol–water partition coefficient (Wildman–Crippen LogP) is 3.38. The van der Waals surface area contributed by atoms with E-state index < -0.39 is 0 Å². The van der Waals surface area contributed by atoms with Crippen molar-refractivity contribution in [1.82, 2.24) is 19.4 Å². The van der Waals surface area contributed by atoms with Gasteiger partial charge in [0.1, 0.15) is 22.4 Å². The first-order valence-corrected chi connectivity index (χ1v) is 7.76. The standard InChI is InChI=1S/C15H14BrN5/c16-13-5-14(19-9-18-13)17-6-12-8-21-7-11(10-1-2-10)3-4-15(21)20-12/h3-5,7-10H,1-2,6H2,(H,17,18,19). The molecule has 5 nitrogen and oxygen atoms in total. The Morgan fingerprint density at radius 3 is 2.95 bits per heavy atom. The highest BCUT2D eigenvalue weighted by Gasteiger charge is 2.23. The van der Waals surface area contributed by atoms with Gasteiger partial charge in [-0.25, -0.2) is 15.0 Å². The van der Waals surface area contributed by atoms with Gasteiger partial charge in [0.2, 0.25) is 0 Å². The lowest BCUT2D eigenvalue weighted by Crippen LogP contribution is -2.01. The smallest absolute Gasteiger partial charge is 0.137 e. The Kier molecular flexibility index (Phi) is 3.11. The summed E-state index contributed by atoms with van der Waals surface area (Å²) in [7, 11) is 0. The van der Waals surface area contributed by atoms with E-state index in [-0.39, 0.29) is 0 Å². The van der Waals surface area contributed by atoms with Crippen LogP contribution in [0.2, 0.25) is 0 Å². The second-order valence-electron chi connectivity index (χ2n) is 5.31. The minimum absolute atomic E-state index is 0.643. The van der Waals surface area contributed by atoms with Gasteiger partial charge in [-0.3, -0.25) is 0 Å². The Balaban J connectivity index is 1.53. The number of aromatic nitrogens is 4. The largest absolute Gasteiger partial charge is 0.364 e. The van der Waals surface area contributed by atoms with E-state index in [1.165, 1.54) is 24.7 Å². The molecule has 1 saturated carbocycles. The second-order valence-corrected chi connectivity index (χ2v) is 6.13. The van der Waals surface area contributed by atoms with Crippen molar-refractivity contribution in [3.05, 3.63) is 52.8 Å². The minimum atomic E-state index is 0.643. The van der Waals surface area contributed by atoms with Crippen molar-refractivity contribution in [2.45, 2.75) is 25.3 Å². The van der Waals surface area contributed by atoms with Gasteiger partial charge >= 0.3 is 0 Å². The highest BCUT2D eigenvalue weighted by molar-refractivity contribution is 9.10. The van der Waals surface area contributed by atoms with E-state index >= 15 is 0 Å². The molecule has 3 heterocycles. The number of halogens is 1. The van der Waals surface area contributed by atoms with Gasteiger partial charge in [0.15, 0.2) is 0 Å². The van der Waals surface area contributed by atoms with Crippen LogP contribution in [0.25, 0.3) is 5.65 Å². The summed E-state index contributed by atoms with van der Waals surface area (Å²) >= 11 is 3.33. The van der Waals surface area contributed by atoms with Crippen molar-refractivity contribution in [2.24, 2.45) is 0 Å². The minimum Gasteiger partial charge on any atom is -0.364 e. The normalized spacial score (nSPS) is 14.5. The van der Waals surface area contributed by atoms with Gasteiger partial charge in [-0.15, -0.1) is 0 Å². The van der Waals surface area contributed by atoms with Crippen LogP contribution in [-0.2, 0) is 6.54 Å². The van der Waals surface area contributed by atoms with Gasteiger partial charge < -0.3 is 9.72 Å². The fourth-order valence-electron chi connectivity index (χ4n) is 2.42. The predicted molar refractivity (Wildman–Crippen MR) is 84.2 cm³/mol. The molecule has 0 unspecified atom stereocenters. The molecule has 0 bridgehead atoms. The lowest BCUT2D eigenvalue weighted by Gasteiger charge is -2.02. The maximum absolute atomic E-state index is 4.62. The first kappa shape index (κ1) is 12.8. The summed E-state index contributed by atoms with van der Waals surface area (Å²) in [5.41, 5.74) is 3.40. The molecule has 0 aliphatic heterocycles. The number of imidazole rings is 1. The summed E-state index contributed by atoms with van der Waals surface area (Å²) in [6, 6.07) is 6.14. The van der Waals surface area contributed by atoms with Crippen LogP contribution in [0.15, 0.2) is 41.5 Å². The van der Waals surface area contributed by atoms with Gasteiger partial charge in [0.05, 0.1) is 12.2 Å². The summed E-state index contributed by atoms with van der Waals surface area (Å²) in [5, 5.41) is 3.26. The van der Waals surface area contributed by atoms with E-state index in [9.17, 15) is 0 Å². The van der Waals surface area contributed by atoms with E-state index in [2.05, 4.69) is 65.1 Å². The number of rotatable bonds is 4. The first-order valence-electron chi connectivity index (χ1n) is 6.97. The second kappa shape index (κ2) is 5.11. The Morgan fingerprint density at radius 2 is 2.14 bits per heavy atom. The van der Waals surface area contributed by atoms with Crippen molar-refractivity contribution in [2.75, 3.05) is 5.32 Å². The molecule has 4 rings (SSSR count). The lowest BCUT2D eigenvalue weighted by atomic mass is 10.2. The molecule has 21 heavy (non-hydrogen) atoms. The van der Waals surface area contributed by atoms with Gasteiger partial charge in [0, 0.05) is 18.5 Å². The van der Waals surface area contributed by atoms with E-state index in [4.69, 9.17) is 0 Å². The molecule has 106 valence electrons. The molecule has 1 aliphatic rings. The number of nitrogens with one attached hydrogen (secondary N) is 1. The van der Waals surface area contributed by atoms with Gasteiger partial charge in [-0.2, -0.15) is 0 Å². The van der Waals surface area contributed by atoms with E-state index in [1.54, 1.807) is 0 Å². The average molecular weight is 344 g/mol. The average Bonchev–Trinajstić information content (AvgIpc) is 3.25. The number of nitrogens with zero attached hydrogens (tertiary/aromatic N) is 4. The zero-order valence-corrected chi connectivity index (χ0v) is 12.9. The first-order chi connectivity index (χ1) is 10.3. The van der Waals surface area contributed by atoms with Crippen molar-refractivity contribution >= 4 is 27.4 Å². The maximum atomic E-state index is 4.62. The molecule has 0 saturated heterocycles. The highest BCUT2D eigenvalue weighted by Crippen LogP contribution is 2.39. The third-order valence-electron chi connectivity index (χ3n) is 3.66. The summed E-state index contributed by atoms with van der Waals surface area (Å²) in [5.74, 6) is 1.55. The highest BCUT2D eigenvalue weighted by atomic mass is 79.9. The van der Waals surface area contributed by atoms with Crippen molar-refractivity contribution < 1.29 is 0 Å². The van der Waals surface area contributed by atoms with Crippen LogP contribution >= 0.6 is 15.9 Å². The van der Waals surface area contributed by atoms with Crippen molar-refractivity contribution in [1.29, 1.82) is 0 Å². The Bertz CT molecular complexity index is 794. The molecule has 1 N–H and O–H groups in total. The summed E-state index contributed by atoms with van der Waals surface area (Å²) < 4.78 is 2.88. The molecule has 6 heteroatoms. The van der Waals surface area contributed by atoms with E-state index in [1.807, 2.05) is 6.07 Å². The quantitative estimate of drug-likeness (QED) is 0.738. The van der Waals surface area contributed by atoms with Gasteiger partial charge in [-0.05, 0) is 46.3 Å². The molecule has 0 amide bonds. The van der Waals surface area contributed by atoms with Gasteiger partial charge in [0.25, 0.3) is 0 Å². The van der Waals surface area contributed by atoms with Crippen LogP contribution < -0.4 is 5.32 Å². The zero-order valence-electron chi connectivity index (χ0n) is 11.3. The van der Waals surface area contributed by atoms with Crippen LogP contribution in [0.1, 0.15) is 30.0 Å². The number of anilines is 1. The third kappa shape index (κ3) is 2.76. The Labute approximate surface area is 130 Å². The Hall–Kier alpha value is -1.95. The molecule has 3 aromatic rings. The molecule has 1 fully saturated rings. The monoisotopic (exact) mass is 343 g/mol. The van der Waals surface area contributed by atoms with Crippen LogP contribution in [-0.4, -0.2) is 19.4 Å². The van der Waals surface area contributed by atoms with Crippen LogP contribution in [0, 0.1) is 0 Å². The van der Waals surface area contributed by atoms with Crippen LogP contribution in [0.4, 0.5) is 5.82 Å². The van der Waals surface area contributed by atoms with Gasteiger partial charge in [-0.1, -0.05) is 6.07 Å². The fraction of sp³-hybridized carbons (Fsp3) is 0.267. The third-order valence-corrected chi connectivity index (χ3v) is 4.09. The SMILES string of the molecule is Brc1cc(NCc2cn3cc(C4CC4)ccc3n2)ncn1.